The summed E-state index contributed by atoms with van der Waals surface area (Å²) >= 11 is 0. The van der Waals surface area contributed by atoms with E-state index in [2.05, 4.69) is 10.1 Å². The van der Waals surface area contributed by atoms with Crippen molar-refractivity contribution in [2.24, 2.45) is 0 Å². The number of carbonyl (C=O) groups is 1. The maximum absolute atomic E-state index is 13.5. The van der Waals surface area contributed by atoms with Crippen molar-refractivity contribution in [2.45, 2.75) is 26.3 Å². The van der Waals surface area contributed by atoms with Crippen LogP contribution in [0.3, 0.4) is 0 Å². The van der Waals surface area contributed by atoms with Crippen LogP contribution in [0, 0.1) is 12.7 Å². The lowest BCUT2D eigenvalue weighted by Crippen LogP contribution is -2.20. The van der Waals surface area contributed by atoms with Gasteiger partial charge in [0.25, 0.3) is 0 Å². The van der Waals surface area contributed by atoms with Crippen LogP contribution in [0.5, 0.6) is 0 Å². The van der Waals surface area contributed by atoms with E-state index in [-0.39, 0.29) is 24.2 Å². The molecule has 1 unspecified atom stereocenters. The van der Waals surface area contributed by atoms with Crippen molar-refractivity contribution in [3.8, 4) is 0 Å². The van der Waals surface area contributed by atoms with Crippen molar-refractivity contribution in [3.05, 3.63) is 29.6 Å². The van der Waals surface area contributed by atoms with E-state index in [1.54, 1.807) is 13.0 Å². The molecule has 4 heteroatoms. The zero-order chi connectivity index (χ0) is 12.1. The number of esters is 1. The first-order valence-corrected chi connectivity index (χ1v) is 5.12. The minimum absolute atomic E-state index is 0.162. The molecule has 1 N–H and O–H groups in total. The summed E-state index contributed by atoms with van der Waals surface area (Å²) in [4.78, 5) is 11.0. The average Bonchev–Trinajstić information content (AvgIpc) is 2.22. The van der Waals surface area contributed by atoms with Gasteiger partial charge in [0.05, 0.1) is 19.2 Å². The number of nitrogens with one attached hydrogen (secondary N) is 1. The Morgan fingerprint density at radius 3 is 2.81 bits per heavy atom. The topological polar surface area (TPSA) is 38.3 Å². The minimum atomic E-state index is -0.312. The Morgan fingerprint density at radius 2 is 2.25 bits per heavy atom. The standard InChI is InChI=1S/C12H16FNO2/c1-8-4-5-11(10(13)6-8)14-9(2)7-12(15)16-3/h4-6,9,14H,7H2,1-3H3. The molecule has 1 atom stereocenters. The van der Waals surface area contributed by atoms with Crippen molar-refractivity contribution >= 4 is 11.7 Å². The lowest BCUT2D eigenvalue weighted by atomic mass is 10.2. The van der Waals surface area contributed by atoms with E-state index in [9.17, 15) is 9.18 Å². The highest BCUT2D eigenvalue weighted by Gasteiger charge is 2.10. The normalized spacial score (nSPS) is 12.0. The third-order valence-electron chi connectivity index (χ3n) is 2.23. The first-order chi connectivity index (χ1) is 7.52. The molecule has 1 aromatic rings. The van der Waals surface area contributed by atoms with Gasteiger partial charge in [-0.3, -0.25) is 4.79 Å². The molecule has 0 saturated heterocycles. The van der Waals surface area contributed by atoms with Gasteiger partial charge in [0.1, 0.15) is 5.82 Å². The van der Waals surface area contributed by atoms with Crippen LogP contribution < -0.4 is 5.32 Å². The fourth-order valence-electron chi connectivity index (χ4n) is 1.39. The van der Waals surface area contributed by atoms with Gasteiger partial charge in [-0.15, -0.1) is 0 Å². The fourth-order valence-corrected chi connectivity index (χ4v) is 1.39. The monoisotopic (exact) mass is 225 g/mol. The van der Waals surface area contributed by atoms with Gasteiger partial charge in [-0.25, -0.2) is 4.39 Å². The second-order valence-electron chi connectivity index (χ2n) is 3.81. The van der Waals surface area contributed by atoms with Crippen molar-refractivity contribution in [1.29, 1.82) is 0 Å². The van der Waals surface area contributed by atoms with Crippen LogP contribution in [-0.2, 0) is 9.53 Å². The van der Waals surface area contributed by atoms with Crippen molar-refractivity contribution in [2.75, 3.05) is 12.4 Å². The van der Waals surface area contributed by atoms with E-state index < -0.39 is 0 Å². The van der Waals surface area contributed by atoms with Crippen LogP contribution >= 0.6 is 0 Å². The SMILES string of the molecule is COC(=O)CC(C)Nc1ccc(C)cc1F. The Balaban J connectivity index is 2.62. The van der Waals surface area contributed by atoms with Gasteiger partial charge in [0, 0.05) is 6.04 Å². The third-order valence-corrected chi connectivity index (χ3v) is 2.23. The summed E-state index contributed by atoms with van der Waals surface area (Å²) in [7, 11) is 1.33. The molecular formula is C12H16FNO2. The Kier molecular flexibility index (Phi) is 4.28. The predicted molar refractivity (Wildman–Crippen MR) is 60.9 cm³/mol. The van der Waals surface area contributed by atoms with E-state index in [0.717, 1.165) is 5.56 Å². The van der Waals surface area contributed by atoms with Crippen molar-refractivity contribution < 1.29 is 13.9 Å². The fraction of sp³-hybridized carbons (Fsp3) is 0.417. The van der Waals surface area contributed by atoms with Crippen LogP contribution in [0.25, 0.3) is 0 Å². The molecule has 0 aliphatic rings. The average molecular weight is 225 g/mol. The number of methoxy groups -OCH3 is 1. The summed E-state index contributed by atoms with van der Waals surface area (Å²) in [6.45, 7) is 3.63. The predicted octanol–water partition coefficient (Wildman–Crippen LogP) is 2.50. The number of anilines is 1. The molecule has 3 nitrogen and oxygen atoms in total. The molecular weight excluding hydrogens is 209 g/mol. The molecule has 0 heterocycles. The van der Waals surface area contributed by atoms with Crippen molar-refractivity contribution in [1.82, 2.24) is 0 Å². The molecule has 0 aliphatic heterocycles. The highest BCUT2D eigenvalue weighted by atomic mass is 19.1. The molecule has 0 spiro atoms. The number of rotatable bonds is 4. The van der Waals surface area contributed by atoms with Crippen LogP contribution in [0.15, 0.2) is 18.2 Å². The first-order valence-electron chi connectivity index (χ1n) is 5.12. The van der Waals surface area contributed by atoms with Gasteiger partial charge < -0.3 is 10.1 Å². The van der Waals surface area contributed by atoms with E-state index >= 15 is 0 Å². The highest BCUT2D eigenvalue weighted by molar-refractivity contribution is 5.70. The Labute approximate surface area is 94.6 Å². The van der Waals surface area contributed by atoms with Gasteiger partial charge >= 0.3 is 5.97 Å². The van der Waals surface area contributed by atoms with Gasteiger partial charge in [-0.1, -0.05) is 6.07 Å². The molecule has 0 aromatic heterocycles. The van der Waals surface area contributed by atoms with Crippen LogP contribution in [0.1, 0.15) is 18.9 Å². The summed E-state index contributed by atoms with van der Waals surface area (Å²) in [6.07, 6.45) is 0.212. The molecule has 0 bridgehead atoms. The maximum Gasteiger partial charge on any atom is 0.307 e. The Morgan fingerprint density at radius 1 is 1.56 bits per heavy atom. The van der Waals surface area contributed by atoms with Crippen LogP contribution in [0.2, 0.25) is 0 Å². The lowest BCUT2D eigenvalue weighted by molar-refractivity contribution is -0.140. The first kappa shape index (κ1) is 12.5. The van der Waals surface area contributed by atoms with E-state index in [4.69, 9.17) is 0 Å². The van der Waals surface area contributed by atoms with E-state index in [1.807, 2.05) is 13.0 Å². The van der Waals surface area contributed by atoms with Gasteiger partial charge in [-0.05, 0) is 31.5 Å². The second-order valence-corrected chi connectivity index (χ2v) is 3.81. The number of hydrogen-bond donors (Lipinski definition) is 1. The molecule has 0 amide bonds. The summed E-state index contributed by atoms with van der Waals surface area (Å²) < 4.78 is 18.0. The van der Waals surface area contributed by atoms with Crippen molar-refractivity contribution in [3.63, 3.8) is 0 Å². The third kappa shape index (κ3) is 3.53. The summed E-state index contributed by atoms with van der Waals surface area (Å²) in [5.74, 6) is -0.621. The molecule has 0 radical (unpaired) electrons. The Bertz CT molecular complexity index is 379. The number of halogens is 1. The lowest BCUT2D eigenvalue weighted by Gasteiger charge is -2.14. The zero-order valence-corrected chi connectivity index (χ0v) is 9.71. The minimum Gasteiger partial charge on any atom is -0.469 e. The second kappa shape index (κ2) is 5.49. The number of benzene rings is 1. The number of ether oxygens (including phenoxy) is 1. The smallest absolute Gasteiger partial charge is 0.307 e. The number of hydrogen-bond acceptors (Lipinski definition) is 3. The number of aryl methyl sites for hydroxylation is 1. The maximum atomic E-state index is 13.5. The van der Waals surface area contributed by atoms with Gasteiger partial charge in [0.15, 0.2) is 0 Å². The summed E-state index contributed by atoms with van der Waals surface area (Å²) in [6, 6.07) is 4.77. The van der Waals surface area contributed by atoms with Crippen LogP contribution in [-0.4, -0.2) is 19.1 Å². The molecule has 0 saturated carbocycles. The van der Waals surface area contributed by atoms with E-state index in [1.165, 1.54) is 13.2 Å². The van der Waals surface area contributed by atoms with Gasteiger partial charge in [-0.2, -0.15) is 0 Å². The summed E-state index contributed by atoms with van der Waals surface area (Å²) in [5.41, 5.74) is 1.27. The zero-order valence-electron chi connectivity index (χ0n) is 9.71. The highest BCUT2D eigenvalue weighted by Crippen LogP contribution is 2.16. The largest absolute Gasteiger partial charge is 0.469 e. The van der Waals surface area contributed by atoms with Crippen LogP contribution in [0.4, 0.5) is 10.1 Å². The molecule has 0 aliphatic carbocycles. The molecule has 1 aromatic carbocycles. The Hall–Kier alpha value is -1.58. The molecule has 88 valence electrons. The molecule has 0 fully saturated rings. The quantitative estimate of drug-likeness (QED) is 0.800. The number of carbonyl (C=O) groups excluding carboxylic acids is 1. The van der Waals surface area contributed by atoms with E-state index in [0.29, 0.717) is 5.69 Å². The summed E-state index contributed by atoms with van der Waals surface area (Å²) in [5, 5.41) is 2.93. The van der Waals surface area contributed by atoms with Gasteiger partial charge in [0.2, 0.25) is 0 Å². The molecule has 1 rings (SSSR count). The molecule has 16 heavy (non-hydrogen) atoms.